The number of nitrogens with zero attached hydrogens (tertiary/aromatic N) is 6. The lowest BCUT2D eigenvalue weighted by Gasteiger charge is -2.12. The van der Waals surface area contributed by atoms with Gasteiger partial charge in [-0.1, -0.05) is 0 Å². The number of nitrogens with one attached hydrogen (secondary N) is 1. The number of hydrogen-bond donors (Lipinski definition) is 1. The molecular weight excluding hydrogens is 417 g/mol. The molecule has 0 saturated carbocycles. The number of nitro groups is 1. The number of benzene rings is 2. The number of ether oxygens (including phenoxy) is 1. The largest absolute Gasteiger partial charge is 0.457 e. The second-order valence-electron chi connectivity index (χ2n) is 6.93. The van der Waals surface area contributed by atoms with Crippen LogP contribution in [0.15, 0.2) is 61.3 Å². The van der Waals surface area contributed by atoms with Crippen molar-refractivity contribution in [3.63, 3.8) is 0 Å². The molecule has 0 unspecified atom stereocenters. The van der Waals surface area contributed by atoms with Gasteiger partial charge < -0.3 is 10.1 Å². The zero-order chi connectivity index (χ0) is 22.2. The topological polar surface area (TPSA) is 120 Å². The molecule has 2 aromatic carbocycles. The van der Waals surface area contributed by atoms with Gasteiger partial charge in [-0.25, -0.2) is 19.5 Å². The molecule has 0 aliphatic rings. The molecule has 1 N–H and O–H groups in total. The molecule has 0 atom stereocenters. The van der Waals surface area contributed by atoms with Crippen LogP contribution in [-0.4, -0.2) is 29.5 Å². The number of anilines is 2. The van der Waals surface area contributed by atoms with Crippen LogP contribution in [0.4, 0.5) is 21.6 Å². The number of fused-ring (bicyclic) bond motifs is 2. The fourth-order valence-corrected chi connectivity index (χ4v) is 3.27. The second-order valence-corrected chi connectivity index (χ2v) is 6.93. The average Bonchev–Trinajstić information content (AvgIpc) is 3.23. The van der Waals surface area contributed by atoms with Crippen LogP contribution >= 0.6 is 0 Å². The van der Waals surface area contributed by atoms with E-state index in [1.807, 2.05) is 13.0 Å². The maximum atomic E-state index is 13.9. The highest BCUT2D eigenvalue weighted by Crippen LogP contribution is 2.31. The van der Waals surface area contributed by atoms with E-state index in [0.29, 0.717) is 34.0 Å². The van der Waals surface area contributed by atoms with E-state index < -0.39 is 16.4 Å². The normalized spacial score (nSPS) is 11.1. The van der Waals surface area contributed by atoms with Gasteiger partial charge >= 0.3 is 5.69 Å². The molecule has 0 spiro atoms. The molecule has 32 heavy (non-hydrogen) atoms. The van der Waals surface area contributed by atoms with E-state index in [2.05, 4.69) is 25.4 Å². The Balaban J connectivity index is 1.43. The number of halogens is 1. The Morgan fingerprint density at radius 3 is 2.78 bits per heavy atom. The summed E-state index contributed by atoms with van der Waals surface area (Å²) >= 11 is 0. The first-order valence-electron chi connectivity index (χ1n) is 9.41. The number of aromatic nitrogens is 5. The zero-order valence-electron chi connectivity index (χ0n) is 16.6. The van der Waals surface area contributed by atoms with Gasteiger partial charge in [-0.2, -0.15) is 9.49 Å². The van der Waals surface area contributed by atoms with Crippen LogP contribution in [-0.2, 0) is 0 Å². The molecule has 0 saturated heterocycles. The Kier molecular flexibility index (Phi) is 4.55. The number of hydrogen-bond acceptors (Lipinski definition) is 8. The van der Waals surface area contributed by atoms with Crippen molar-refractivity contribution in [1.29, 1.82) is 0 Å². The smallest absolute Gasteiger partial charge is 0.305 e. The highest BCUT2D eigenvalue weighted by atomic mass is 19.1. The van der Waals surface area contributed by atoms with Crippen molar-refractivity contribution in [3.05, 3.63) is 82.8 Å². The molecule has 3 aromatic heterocycles. The highest BCUT2D eigenvalue weighted by molar-refractivity contribution is 5.92. The molecule has 3 heterocycles. The Labute approximate surface area is 179 Å². The first-order chi connectivity index (χ1) is 15.5. The molecule has 0 aliphatic carbocycles. The number of rotatable bonds is 5. The maximum Gasteiger partial charge on any atom is 0.305 e. The molecule has 158 valence electrons. The van der Waals surface area contributed by atoms with E-state index in [0.717, 1.165) is 17.7 Å². The predicted molar refractivity (Wildman–Crippen MR) is 114 cm³/mol. The summed E-state index contributed by atoms with van der Waals surface area (Å²) in [7, 11) is 0. The van der Waals surface area contributed by atoms with Gasteiger partial charge in [0.05, 0.1) is 15.8 Å². The molecule has 11 heteroatoms. The fourth-order valence-electron chi connectivity index (χ4n) is 3.27. The number of aryl methyl sites for hydroxylation is 1. The molecule has 0 aliphatic heterocycles. The zero-order valence-corrected chi connectivity index (χ0v) is 16.6. The van der Waals surface area contributed by atoms with E-state index >= 15 is 0 Å². The summed E-state index contributed by atoms with van der Waals surface area (Å²) in [6, 6.07) is 11.1. The third-order valence-corrected chi connectivity index (χ3v) is 4.82. The minimum atomic E-state index is -0.950. The van der Waals surface area contributed by atoms with Gasteiger partial charge in [-0.15, -0.1) is 0 Å². The van der Waals surface area contributed by atoms with Gasteiger partial charge in [-0.05, 0) is 36.8 Å². The highest BCUT2D eigenvalue weighted by Gasteiger charge is 2.18. The van der Waals surface area contributed by atoms with Crippen molar-refractivity contribution in [2.45, 2.75) is 6.92 Å². The maximum absolute atomic E-state index is 13.9. The van der Waals surface area contributed by atoms with Crippen LogP contribution < -0.4 is 10.1 Å². The van der Waals surface area contributed by atoms with Gasteiger partial charge in [0, 0.05) is 30.1 Å². The van der Waals surface area contributed by atoms with Crippen molar-refractivity contribution in [2.24, 2.45) is 0 Å². The van der Waals surface area contributed by atoms with E-state index in [1.54, 1.807) is 35.0 Å². The molecule has 0 radical (unpaired) electrons. The third-order valence-electron chi connectivity index (χ3n) is 4.82. The summed E-state index contributed by atoms with van der Waals surface area (Å²) in [5.41, 5.74) is 1.80. The van der Waals surface area contributed by atoms with E-state index in [9.17, 15) is 14.5 Å². The van der Waals surface area contributed by atoms with Gasteiger partial charge in [0.15, 0.2) is 5.65 Å². The Morgan fingerprint density at radius 2 is 1.97 bits per heavy atom. The lowest BCUT2D eigenvalue weighted by molar-refractivity contribution is -0.387. The van der Waals surface area contributed by atoms with E-state index in [1.165, 1.54) is 12.7 Å². The van der Waals surface area contributed by atoms with Crippen molar-refractivity contribution >= 4 is 33.7 Å². The van der Waals surface area contributed by atoms with E-state index in [-0.39, 0.29) is 5.52 Å². The van der Waals surface area contributed by atoms with Gasteiger partial charge in [-0.3, -0.25) is 10.1 Å². The quantitative estimate of drug-likeness (QED) is 0.317. The Hall–Kier alpha value is -4.67. The molecule has 0 fully saturated rings. The molecular formula is C21H14FN7O3. The Bertz CT molecular complexity index is 1500. The lowest BCUT2D eigenvalue weighted by atomic mass is 10.1. The molecule has 10 nitrogen and oxygen atoms in total. The van der Waals surface area contributed by atoms with Crippen molar-refractivity contribution < 1.29 is 14.1 Å². The first-order valence-corrected chi connectivity index (χ1v) is 9.41. The van der Waals surface area contributed by atoms with Crippen LogP contribution in [0.2, 0.25) is 0 Å². The predicted octanol–water partition coefficient (Wildman–Crippen LogP) is 4.56. The van der Waals surface area contributed by atoms with Crippen LogP contribution in [0.1, 0.15) is 5.56 Å². The lowest BCUT2D eigenvalue weighted by Crippen LogP contribution is -1.99. The standard InChI is InChI=1S/C21H14FN7O3/c1-12-6-13(2-3-19(12)32-14-4-5-28-20(7-14)24-11-26-28)27-21-15-8-18(29(30)31)16(22)9-17(15)23-10-25-21/h2-11H,1H3,(H,23,25,27). The summed E-state index contributed by atoms with van der Waals surface area (Å²) in [5.74, 6) is 0.632. The molecule has 5 rings (SSSR count). The SMILES string of the molecule is Cc1cc(Nc2ncnc3cc(F)c([N+](=O)[O-])cc23)ccc1Oc1ccn2ncnc2c1. The van der Waals surface area contributed by atoms with Crippen LogP contribution in [0.5, 0.6) is 11.5 Å². The van der Waals surface area contributed by atoms with Crippen molar-refractivity contribution in [2.75, 3.05) is 5.32 Å². The average molecular weight is 431 g/mol. The van der Waals surface area contributed by atoms with Crippen LogP contribution in [0, 0.1) is 22.9 Å². The summed E-state index contributed by atoms with van der Waals surface area (Å²) < 4.78 is 21.5. The minimum absolute atomic E-state index is 0.256. The molecule has 5 aromatic rings. The minimum Gasteiger partial charge on any atom is -0.457 e. The molecule has 0 amide bonds. The van der Waals surface area contributed by atoms with Crippen LogP contribution in [0.3, 0.4) is 0 Å². The first kappa shape index (κ1) is 19.3. The number of nitro benzene ring substituents is 1. The fraction of sp³-hybridized carbons (Fsp3) is 0.0476. The summed E-state index contributed by atoms with van der Waals surface area (Å²) in [5, 5.41) is 18.6. The summed E-state index contributed by atoms with van der Waals surface area (Å²) in [4.78, 5) is 22.6. The summed E-state index contributed by atoms with van der Waals surface area (Å²) in [6.07, 6.45) is 4.48. The van der Waals surface area contributed by atoms with Crippen molar-refractivity contribution in [3.8, 4) is 11.5 Å². The second kappa shape index (κ2) is 7.54. The monoisotopic (exact) mass is 431 g/mol. The number of pyridine rings is 1. The van der Waals surface area contributed by atoms with Crippen molar-refractivity contribution in [1.82, 2.24) is 24.6 Å². The summed E-state index contributed by atoms with van der Waals surface area (Å²) in [6.45, 7) is 1.88. The Morgan fingerprint density at radius 1 is 1.09 bits per heavy atom. The van der Waals surface area contributed by atoms with Gasteiger partial charge in [0.2, 0.25) is 5.82 Å². The van der Waals surface area contributed by atoms with Gasteiger partial charge in [0.25, 0.3) is 0 Å². The van der Waals surface area contributed by atoms with Gasteiger partial charge in [0.1, 0.15) is 30.0 Å². The third kappa shape index (κ3) is 3.51. The van der Waals surface area contributed by atoms with E-state index in [4.69, 9.17) is 4.74 Å². The van der Waals surface area contributed by atoms with Crippen LogP contribution in [0.25, 0.3) is 16.6 Å². The molecule has 0 bridgehead atoms.